The van der Waals surface area contributed by atoms with E-state index in [1.165, 1.54) is 6.92 Å². The van der Waals surface area contributed by atoms with Crippen molar-refractivity contribution in [1.29, 1.82) is 0 Å². The summed E-state index contributed by atoms with van der Waals surface area (Å²) in [6.45, 7) is 2.49. The molecule has 68 valence electrons. The van der Waals surface area contributed by atoms with Crippen LogP contribution in [0.5, 0.6) is 0 Å². The lowest BCUT2D eigenvalue weighted by Crippen LogP contribution is -2.18. The van der Waals surface area contributed by atoms with Crippen LogP contribution in [0, 0.1) is 0 Å². The first kappa shape index (κ1) is 9.26. The minimum Gasteiger partial charge on any atom is -0.463 e. The first-order chi connectivity index (χ1) is 5.79. The minimum atomic E-state index is -0.253. The van der Waals surface area contributed by atoms with Gasteiger partial charge in [-0.25, -0.2) is 0 Å². The average molecular weight is 170 g/mol. The first-order valence-electron chi connectivity index (χ1n) is 4.20. The third-order valence-electron chi connectivity index (χ3n) is 1.65. The average Bonchev–Trinajstić information content (AvgIpc) is 2.28. The van der Waals surface area contributed by atoms with Crippen LogP contribution in [0.3, 0.4) is 0 Å². The number of allylic oxidation sites excluding steroid dienone is 1. The zero-order chi connectivity index (χ0) is 8.81. The van der Waals surface area contributed by atoms with Crippen molar-refractivity contribution in [3.8, 4) is 0 Å². The summed E-state index contributed by atoms with van der Waals surface area (Å²) in [7, 11) is 0. The van der Waals surface area contributed by atoms with Gasteiger partial charge in [0.1, 0.15) is 12.7 Å². The third-order valence-corrected chi connectivity index (χ3v) is 1.65. The van der Waals surface area contributed by atoms with Crippen molar-refractivity contribution in [3.05, 3.63) is 12.2 Å². The largest absolute Gasteiger partial charge is 0.463 e. The lowest BCUT2D eigenvalue weighted by molar-refractivity contribution is -0.144. The van der Waals surface area contributed by atoms with E-state index in [0.29, 0.717) is 6.61 Å². The van der Waals surface area contributed by atoms with E-state index in [4.69, 9.17) is 9.47 Å². The maximum atomic E-state index is 10.5. The predicted octanol–water partition coefficient (Wildman–Crippen LogP) is 1.28. The second kappa shape index (κ2) is 4.93. The maximum absolute atomic E-state index is 10.5. The van der Waals surface area contributed by atoms with Crippen LogP contribution in [0.4, 0.5) is 0 Å². The molecule has 1 heterocycles. The van der Waals surface area contributed by atoms with Gasteiger partial charge in [-0.1, -0.05) is 12.2 Å². The Labute approximate surface area is 72.4 Å². The molecule has 0 saturated heterocycles. The SMILES string of the molecule is CC(=O)OC[C@H]1C=CCCCO1. The Morgan fingerprint density at radius 2 is 2.58 bits per heavy atom. The van der Waals surface area contributed by atoms with Crippen LogP contribution in [-0.2, 0) is 14.3 Å². The van der Waals surface area contributed by atoms with Crippen molar-refractivity contribution in [2.24, 2.45) is 0 Å². The number of ether oxygens (including phenoxy) is 2. The molecule has 1 atom stereocenters. The van der Waals surface area contributed by atoms with Crippen LogP contribution in [-0.4, -0.2) is 25.3 Å². The second-order valence-electron chi connectivity index (χ2n) is 2.78. The van der Waals surface area contributed by atoms with Crippen LogP contribution in [0.1, 0.15) is 19.8 Å². The van der Waals surface area contributed by atoms with Gasteiger partial charge in [0.05, 0.1) is 0 Å². The van der Waals surface area contributed by atoms with Crippen molar-refractivity contribution < 1.29 is 14.3 Å². The molecule has 0 spiro atoms. The molecule has 3 nitrogen and oxygen atoms in total. The summed E-state index contributed by atoms with van der Waals surface area (Å²) >= 11 is 0. The monoisotopic (exact) mass is 170 g/mol. The molecule has 0 unspecified atom stereocenters. The van der Waals surface area contributed by atoms with E-state index in [9.17, 15) is 4.79 Å². The highest BCUT2D eigenvalue weighted by Gasteiger charge is 2.08. The van der Waals surface area contributed by atoms with Crippen molar-refractivity contribution in [2.45, 2.75) is 25.9 Å². The van der Waals surface area contributed by atoms with Gasteiger partial charge >= 0.3 is 5.97 Å². The first-order valence-corrected chi connectivity index (χ1v) is 4.20. The van der Waals surface area contributed by atoms with Crippen LogP contribution >= 0.6 is 0 Å². The molecule has 3 heteroatoms. The van der Waals surface area contributed by atoms with E-state index in [1.807, 2.05) is 6.08 Å². The number of carbonyl (C=O) groups excluding carboxylic acids is 1. The van der Waals surface area contributed by atoms with E-state index in [0.717, 1.165) is 19.4 Å². The third kappa shape index (κ3) is 3.53. The molecule has 0 N–H and O–H groups in total. The highest BCUT2D eigenvalue weighted by molar-refractivity contribution is 5.65. The molecule has 1 aliphatic rings. The molecule has 0 bridgehead atoms. The Balaban J connectivity index is 2.25. The van der Waals surface area contributed by atoms with Crippen LogP contribution < -0.4 is 0 Å². The summed E-state index contributed by atoms with van der Waals surface area (Å²) in [6.07, 6.45) is 6.08. The Hall–Kier alpha value is -0.830. The quantitative estimate of drug-likeness (QED) is 0.462. The predicted molar refractivity (Wildman–Crippen MR) is 44.7 cm³/mol. The molecule has 0 aliphatic carbocycles. The van der Waals surface area contributed by atoms with Gasteiger partial charge in [-0.2, -0.15) is 0 Å². The lowest BCUT2D eigenvalue weighted by Gasteiger charge is -2.11. The van der Waals surface area contributed by atoms with Crippen LogP contribution in [0.15, 0.2) is 12.2 Å². The minimum absolute atomic E-state index is 0.0450. The van der Waals surface area contributed by atoms with E-state index in [1.54, 1.807) is 0 Å². The fourth-order valence-corrected chi connectivity index (χ4v) is 1.04. The van der Waals surface area contributed by atoms with E-state index < -0.39 is 0 Å². The molecule has 0 aromatic rings. The van der Waals surface area contributed by atoms with Crippen molar-refractivity contribution >= 4 is 5.97 Å². The van der Waals surface area contributed by atoms with Crippen LogP contribution in [0.25, 0.3) is 0 Å². The molecular weight excluding hydrogens is 156 g/mol. The van der Waals surface area contributed by atoms with E-state index in [2.05, 4.69) is 6.08 Å². The molecule has 0 aromatic carbocycles. The zero-order valence-electron chi connectivity index (χ0n) is 7.29. The Kier molecular flexibility index (Phi) is 3.80. The molecule has 1 rings (SSSR count). The van der Waals surface area contributed by atoms with Gasteiger partial charge in [0.25, 0.3) is 0 Å². The molecule has 0 aromatic heterocycles. The normalized spacial score (nSPS) is 23.2. The highest BCUT2D eigenvalue weighted by atomic mass is 16.6. The van der Waals surface area contributed by atoms with E-state index >= 15 is 0 Å². The number of rotatable bonds is 2. The maximum Gasteiger partial charge on any atom is 0.302 e. The molecule has 12 heavy (non-hydrogen) atoms. The topological polar surface area (TPSA) is 35.5 Å². The van der Waals surface area contributed by atoms with Gasteiger partial charge in [0, 0.05) is 13.5 Å². The summed E-state index contributed by atoms with van der Waals surface area (Å²) < 4.78 is 10.2. The van der Waals surface area contributed by atoms with Crippen LogP contribution in [0.2, 0.25) is 0 Å². The molecule has 0 fully saturated rings. The van der Waals surface area contributed by atoms with Gasteiger partial charge in [-0.15, -0.1) is 0 Å². The highest BCUT2D eigenvalue weighted by Crippen LogP contribution is 2.05. The summed E-state index contributed by atoms with van der Waals surface area (Å²) in [5.41, 5.74) is 0. The summed E-state index contributed by atoms with van der Waals surface area (Å²) in [5, 5.41) is 0. The summed E-state index contributed by atoms with van der Waals surface area (Å²) in [5.74, 6) is -0.253. The number of hydrogen-bond donors (Lipinski definition) is 0. The lowest BCUT2D eigenvalue weighted by atomic mass is 10.3. The molecule has 0 radical (unpaired) electrons. The molecular formula is C9H14O3. The zero-order valence-corrected chi connectivity index (χ0v) is 7.29. The number of carbonyl (C=O) groups is 1. The van der Waals surface area contributed by atoms with Crippen molar-refractivity contribution in [3.63, 3.8) is 0 Å². The smallest absolute Gasteiger partial charge is 0.302 e. The van der Waals surface area contributed by atoms with Crippen molar-refractivity contribution in [2.75, 3.05) is 13.2 Å². The second-order valence-corrected chi connectivity index (χ2v) is 2.78. The van der Waals surface area contributed by atoms with Gasteiger partial charge < -0.3 is 9.47 Å². The molecule has 1 aliphatic heterocycles. The van der Waals surface area contributed by atoms with Gasteiger partial charge in [0.2, 0.25) is 0 Å². The summed E-state index contributed by atoms with van der Waals surface area (Å²) in [4.78, 5) is 10.5. The Morgan fingerprint density at radius 1 is 1.75 bits per heavy atom. The van der Waals surface area contributed by atoms with Gasteiger partial charge in [0.15, 0.2) is 0 Å². The Bertz CT molecular complexity index is 175. The van der Waals surface area contributed by atoms with Crippen molar-refractivity contribution in [1.82, 2.24) is 0 Å². The fraction of sp³-hybridized carbons (Fsp3) is 0.667. The van der Waals surface area contributed by atoms with Gasteiger partial charge in [-0.05, 0) is 12.8 Å². The number of esters is 1. The standard InChI is InChI=1S/C9H14O3/c1-8(10)12-7-9-5-3-2-4-6-11-9/h3,5,9H,2,4,6-7H2,1H3/t9-/m1/s1. The van der Waals surface area contributed by atoms with Gasteiger partial charge in [-0.3, -0.25) is 4.79 Å². The molecule has 0 saturated carbocycles. The summed E-state index contributed by atoms with van der Waals surface area (Å²) in [6, 6.07) is 0. The molecule has 0 amide bonds. The fourth-order valence-electron chi connectivity index (χ4n) is 1.04. The van der Waals surface area contributed by atoms with E-state index in [-0.39, 0.29) is 12.1 Å². The number of hydrogen-bond acceptors (Lipinski definition) is 3. The Morgan fingerprint density at radius 3 is 3.33 bits per heavy atom.